The summed E-state index contributed by atoms with van der Waals surface area (Å²) < 4.78 is 0. The van der Waals surface area contributed by atoms with E-state index in [0.29, 0.717) is 13.1 Å². The Morgan fingerprint density at radius 2 is 1.78 bits per heavy atom. The molecule has 0 radical (unpaired) electrons. The molecule has 6 heteroatoms. The summed E-state index contributed by atoms with van der Waals surface area (Å²) in [5.41, 5.74) is 1.03. The second-order valence-electron chi connectivity index (χ2n) is 6.80. The average Bonchev–Trinajstić information content (AvgIpc) is 3.38. The molecule has 0 aliphatic carbocycles. The molecule has 0 bridgehead atoms. The van der Waals surface area contributed by atoms with Crippen LogP contribution in [0.3, 0.4) is 0 Å². The summed E-state index contributed by atoms with van der Waals surface area (Å²) >= 11 is 3.38. The molecule has 140 valence electrons. The van der Waals surface area contributed by atoms with Gasteiger partial charge in [-0.05, 0) is 35.9 Å². The van der Waals surface area contributed by atoms with Gasteiger partial charge in [-0.1, -0.05) is 36.4 Å². The number of thiophene rings is 1. The molecule has 1 spiro atoms. The Morgan fingerprint density at radius 3 is 2.48 bits per heavy atom. The predicted octanol–water partition coefficient (Wildman–Crippen LogP) is 3.97. The van der Waals surface area contributed by atoms with Crippen LogP contribution in [0.4, 0.5) is 0 Å². The van der Waals surface area contributed by atoms with Crippen LogP contribution in [0.25, 0.3) is 6.08 Å². The van der Waals surface area contributed by atoms with Crippen molar-refractivity contribution in [1.29, 1.82) is 0 Å². The lowest BCUT2D eigenvalue weighted by atomic mass is 10.0. The summed E-state index contributed by atoms with van der Waals surface area (Å²) in [6.45, 7) is 2.18. The van der Waals surface area contributed by atoms with Crippen LogP contribution in [0.15, 0.2) is 53.9 Å². The van der Waals surface area contributed by atoms with E-state index in [2.05, 4.69) is 0 Å². The van der Waals surface area contributed by atoms with Crippen molar-refractivity contribution in [2.75, 3.05) is 25.4 Å². The maximum atomic E-state index is 12.9. The highest BCUT2D eigenvalue weighted by Gasteiger charge is 2.47. The first-order valence-corrected chi connectivity index (χ1v) is 11.1. The molecule has 2 saturated heterocycles. The Bertz CT molecular complexity index is 825. The van der Waals surface area contributed by atoms with Crippen LogP contribution in [0.1, 0.15) is 28.1 Å². The second-order valence-corrected chi connectivity index (χ2v) is 9.20. The molecule has 4 nitrogen and oxygen atoms in total. The van der Waals surface area contributed by atoms with Crippen LogP contribution in [0.2, 0.25) is 0 Å². The molecule has 1 aromatic carbocycles. The highest BCUT2D eigenvalue weighted by atomic mass is 32.2. The lowest BCUT2D eigenvalue weighted by Gasteiger charge is -2.43. The molecule has 0 N–H and O–H groups in total. The summed E-state index contributed by atoms with van der Waals surface area (Å²) in [6, 6.07) is 13.7. The van der Waals surface area contributed by atoms with Gasteiger partial charge < -0.3 is 9.80 Å². The molecule has 4 rings (SSSR count). The molecule has 0 atom stereocenters. The van der Waals surface area contributed by atoms with E-state index in [1.54, 1.807) is 6.08 Å². The van der Waals surface area contributed by atoms with Crippen LogP contribution in [0, 0.1) is 0 Å². The highest BCUT2D eigenvalue weighted by molar-refractivity contribution is 8.00. The molecule has 27 heavy (non-hydrogen) atoms. The quantitative estimate of drug-likeness (QED) is 0.735. The van der Waals surface area contributed by atoms with E-state index in [4.69, 9.17) is 0 Å². The Kier molecular flexibility index (Phi) is 5.36. The van der Waals surface area contributed by atoms with Gasteiger partial charge in [-0.2, -0.15) is 0 Å². The summed E-state index contributed by atoms with van der Waals surface area (Å²) in [6.07, 6.45) is 5.19. The van der Waals surface area contributed by atoms with Gasteiger partial charge >= 0.3 is 0 Å². The molecule has 1 aromatic heterocycles. The van der Waals surface area contributed by atoms with Crippen LogP contribution >= 0.6 is 23.1 Å². The highest BCUT2D eigenvalue weighted by Crippen LogP contribution is 2.44. The Balaban J connectivity index is 1.39. The minimum absolute atomic E-state index is 0.0489. The minimum Gasteiger partial charge on any atom is -0.339 e. The van der Waals surface area contributed by atoms with Crippen LogP contribution < -0.4 is 0 Å². The third kappa shape index (κ3) is 3.82. The molecule has 2 aliphatic heterocycles. The number of rotatable bonds is 3. The fraction of sp³-hybridized carbons (Fsp3) is 0.333. The maximum Gasteiger partial charge on any atom is 0.265 e. The summed E-state index contributed by atoms with van der Waals surface area (Å²) in [7, 11) is 0. The fourth-order valence-corrected chi connectivity index (χ4v) is 5.88. The molecule has 2 amide bonds. The first-order valence-electron chi connectivity index (χ1n) is 9.19. The van der Waals surface area contributed by atoms with Crippen molar-refractivity contribution in [3.63, 3.8) is 0 Å². The Labute approximate surface area is 167 Å². The van der Waals surface area contributed by atoms with Crippen molar-refractivity contribution < 1.29 is 9.59 Å². The van der Waals surface area contributed by atoms with Gasteiger partial charge in [0.2, 0.25) is 5.91 Å². The molecule has 0 saturated carbocycles. The molecule has 2 aromatic rings. The lowest BCUT2D eigenvalue weighted by molar-refractivity contribution is -0.127. The van der Waals surface area contributed by atoms with E-state index >= 15 is 0 Å². The molecule has 0 unspecified atom stereocenters. The smallest absolute Gasteiger partial charge is 0.265 e. The third-order valence-corrected chi connectivity index (χ3v) is 7.64. The number of nitrogens with zero attached hydrogens (tertiary/aromatic N) is 2. The second kappa shape index (κ2) is 7.90. The molecular formula is C21H22N2O2S2. The van der Waals surface area contributed by atoms with Gasteiger partial charge in [0.05, 0.1) is 9.75 Å². The van der Waals surface area contributed by atoms with Gasteiger partial charge in [-0.25, -0.2) is 0 Å². The SMILES string of the molecule is O=C(C=Cc1ccccc1)N1CCC2(CC1)SCCN2C(=O)c1cccs1. The zero-order valence-electron chi connectivity index (χ0n) is 15.0. The Hall–Kier alpha value is -2.05. The van der Waals surface area contributed by atoms with Gasteiger partial charge in [-0.15, -0.1) is 23.1 Å². The number of piperidine rings is 1. The standard InChI is InChI=1S/C21H22N2O2S2/c24-19(9-8-17-5-2-1-3-6-17)22-12-10-21(11-13-22)23(14-16-27-21)20(25)18-7-4-15-26-18/h1-9,15H,10-14,16H2. The molecular weight excluding hydrogens is 376 g/mol. The zero-order valence-corrected chi connectivity index (χ0v) is 16.7. The number of amides is 2. The van der Waals surface area contributed by atoms with Crippen molar-refractivity contribution >= 4 is 41.0 Å². The average molecular weight is 399 g/mol. The third-order valence-electron chi connectivity index (χ3n) is 5.23. The lowest BCUT2D eigenvalue weighted by Crippen LogP contribution is -2.53. The summed E-state index contributed by atoms with van der Waals surface area (Å²) in [5.74, 6) is 1.16. The maximum absolute atomic E-state index is 12.9. The molecule has 2 aliphatic rings. The van der Waals surface area contributed by atoms with Crippen molar-refractivity contribution in [3.8, 4) is 0 Å². The summed E-state index contributed by atoms with van der Waals surface area (Å²) in [5, 5.41) is 1.95. The van der Waals surface area contributed by atoms with Crippen molar-refractivity contribution in [2.24, 2.45) is 0 Å². The van der Waals surface area contributed by atoms with Crippen molar-refractivity contribution in [2.45, 2.75) is 17.7 Å². The normalized spacial score (nSPS) is 19.1. The fourth-order valence-electron chi connectivity index (χ4n) is 3.76. The van der Waals surface area contributed by atoms with Crippen molar-refractivity contribution in [3.05, 3.63) is 64.4 Å². The van der Waals surface area contributed by atoms with E-state index < -0.39 is 0 Å². The number of likely N-dealkylation sites (tertiary alicyclic amines) is 1. The number of thioether (sulfide) groups is 1. The number of benzene rings is 1. The van der Waals surface area contributed by atoms with E-state index in [1.165, 1.54) is 11.3 Å². The number of hydrogen-bond donors (Lipinski definition) is 0. The zero-order chi connectivity index (χ0) is 18.7. The van der Waals surface area contributed by atoms with Gasteiger partial charge in [0.25, 0.3) is 5.91 Å². The molecule has 2 fully saturated rings. The predicted molar refractivity (Wildman–Crippen MR) is 112 cm³/mol. The topological polar surface area (TPSA) is 40.6 Å². The number of carbonyl (C=O) groups excluding carboxylic acids is 2. The van der Waals surface area contributed by atoms with Crippen molar-refractivity contribution in [1.82, 2.24) is 9.80 Å². The molecule has 3 heterocycles. The minimum atomic E-state index is -0.152. The number of hydrogen-bond acceptors (Lipinski definition) is 4. The van der Waals surface area contributed by atoms with E-state index in [1.807, 2.05) is 75.5 Å². The van der Waals surface area contributed by atoms with Gasteiger partial charge in [0.1, 0.15) is 0 Å². The summed E-state index contributed by atoms with van der Waals surface area (Å²) in [4.78, 5) is 30.0. The van der Waals surface area contributed by atoms with E-state index in [-0.39, 0.29) is 16.7 Å². The van der Waals surface area contributed by atoms with E-state index in [9.17, 15) is 9.59 Å². The van der Waals surface area contributed by atoms with Gasteiger partial charge in [-0.3, -0.25) is 9.59 Å². The Morgan fingerprint density at radius 1 is 1.00 bits per heavy atom. The first-order chi connectivity index (χ1) is 13.2. The van der Waals surface area contributed by atoms with Crippen LogP contribution in [-0.2, 0) is 4.79 Å². The monoisotopic (exact) mass is 398 g/mol. The number of carbonyl (C=O) groups is 2. The van der Waals surface area contributed by atoms with Gasteiger partial charge in [0.15, 0.2) is 0 Å². The van der Waals surface area contributed by atoms with Gasteiger partial charge in [0, 0.05) is 31.5 Å². The van der Waals surface area contributed by atoms with E-state index in [0.717, 1.165) is 35.6 Å². The largest absolute Gasteiger partial charge is 0.339 e. The van der Waals surface area contributed by atoms with Crippen LogP contribution in [-0.4, -0.2) is 51.9 Å². The van der Waals surface area contributed by atoms with Crippen LogP contribution in [0.5, 0.6) is 0 Å². The first kappa shape index (κ1) is 18.3.